The maximum absolute atomic E-state index is 11.2. The number of amides is 2. The van der Waals surface area contributed by atoms with Gasteiger partial charge in [0, 0.05) is 13.1 Å². The molecule has 12 heavy (non-hydrogen) atoms. The maximum Gasteiger partial charge on any atom is 0.309 e. The molecule has 1 rings (SSSR count). The van der Waals surface area contributed by atoms with Gasteiger partial charge in [0.1, 0.15) is 0 Å². The van der Waals surface area contributed by atoms with Crippen molar-refractivity contribution in [2.45, 2.75) is 25.5 Å². The van der Waals surface area contributed by atoms with E-state index < -0.39 is 0 Å². The number of nitrogens with zero attached hydrogens (tertiary/aromatic N) is 2. The van der Waals surface area contributed by atoms with Crippen LogP contribution in [0.5, 0.6) is 0 Å². The lowest BCUT2D eigenvalue weighted by atomic mass is 10.2. The summed E-state index contributed by atoms with van der Waals surface area (Å²) in [6.07, 6.45) is 1.60. The van der Waals surface area contributed by atoms with Crippen molar-refractivity contribution in [2.24, 2.45) is 5.10 Å². The molecular formula is C7H10N2O2S. The Hall–Kier alpha value is -0.840. The van der Waals surface area contributed by atoms with Gasteiger partial charge in [-0.3, -0.25) is 9.59 Å². The molecule has 0 N–H and O–H groups in total. The molecule has 0 bridgehead atoms. The second kappa shape index (κ2) is 2.90. The lowest BCUT2D eigenvalue weighted by molar-refractivity contribution is -0.125. The van der Waals surface area contributed by atoms with Crippen molar-refractivity contribution >= 4 is 29.1 Å². The van der Waals surface area contributed by atoms with E-state index in [0.29, 0.717) is 0 Å². The highest BCUT2D eigenvalue weighted by molar-refractivity contribution is 8.15. The van der Waals surface area contributed by atoms with Crippen molar-refractivity contribution < 1.29 is 9.59 Å². The number of hydrazone groups is 1. The van der Waals surface area contributed by atoms with Crippen molar-refractivity contribution in [1.29, 1.82) is 0 Å². The highest BCUT2D eigenvalue weighted by Gasteiger charge is 2.31. The highest BCUT2D eigenvalue weighted by Crippen LogP contribution is 2.29. The molecule has 1 aliphatic rings. The predicted octanol–water partition coefficient (Wildman–Crippen LogP) is 1.47. The molecule has 5 heteroatoms. The lowest BCUT2D eigenvalue weighted by Crippen LogP contribution is -2.36. The van der Waals surface area contributed by atoms with Crippen LogP contribution in [0.4, 0.5) is 4.79 Å². The fourth-order valence-corrected chi connectivity index (χ4v) is 1.56. The summed E-state index contributed by atoms with van der Waals surface area (Å²) >= 11 is 1.10. The van der Waals surface area contributed by atoms with Crippen molar-refractivity contribution in [2.75, 3.05) is 0 Å². The summed E-state index contributed by atoms with van der Waals surface area (Å²) in [5.41, 5.74) is 0. The van der Waals surface area contributed by atoms with E-state index >= 15 is 0 Å². The molecule has 66 valence electrons. The first-order valence-corrected chi connectivity index (χ1v) is 4.33. The molecule has 1 aliphatic heterocycles. The molecule has 0 fully saturated rings. The van der Waals surface area contributed by atoms with Gasteiger partial charge in [-0.1, -0.05) is 11.8 Å². The van der Waals surface area contributed by atoms with E-state index in [2.05, 4.69) is 5.10 Å². The minimum atomic E-state index is -0.348. The fraction of sp³-hybridized carbons (Fsp3) is 0.571. The van der Waals surface area contributed by atoms with Crippen molar-refractivity contribution in [3.8, 4) is 0 Å². The van der Waals surface area contributed by atoms with Gasteiger partial charge in [0.05, 0.1) is 4.75 Å². The molecule has 0 aromatic heterocycles. The normalized spacial score (nSPS) is 21.2. The third kappa shape index (κ3) is 1.85. The standard InChI is InChI=1S/C7H10N2O2S/c1-5(10)9-6(11)12-7(2,3)4-8-9/h4H,1-3H3. The molecule has 0 radical (unpaired) electrons. The smallest absolute Gasteiger partial charge is 0.273 e. The molecule has 0 saturated heterocycles. The summed E-state index contributed by atoms with van der Waals surface area (Å²) in [7, 11) is 0. The van der Waals surface area contributed by atoms with Gasteiger partial charge in [-0.05, 0) is 13.8 Å². The van der Waals surface area contributed by atoms with Crippen molar-refractivity contribution in [1.82, 2.24) is 5.01 Å². The third-order valence-electron chi connectivity index (χ3n) is 1.31. The monoisotopic (exact) mass is 186 g/mol. The molecule has 0 saturated carbocycles. The first-order chi connectivity index (χ1) is 5.42. The summed E-state index contributed by atoms with van der Waals surface area (Å²) in [6.45, 7) is 5.06. The summed E-state index contributed by atoms with van der Waals surface area (Å²) in [4.78, 5) is 22.0. The van der Waals surface area contributed by atoms with Crippen LogP contribution < -0.4 is 0 Å². The Morgan fingerprint density at radius 1 is 1.67 bits per heavy atom. The van der Waals surface area contributed by atoms with E-state index in [1.807, 2.05) is 13.8 Å². The van der Waals surface area contributed by atoms with Crippen LogP contribution in [0.25, 0.3) is 0 Å². The number of hydrogen-bond donors (Lipinski definition) is 0. The van der Waals surface area contributed by atoms with Gasteiger partial charge < -0.3 is 0 Å². The third-order valence-corrected chi connectivity index (χ3v) is 2.28. The Kier molecular flexibility index (Phi) is 2.23. The van der Waals surface area contributed by atoms with E-state index in [1.165, 1.54) is 6.92 Å². The van der Waals surface area contributed by atoms with Crippen LogP contribution in [0, 0.1) is 0 Å². The van der Waals surface area contributed by atoms with Gasteiger partial charge in [0.25, 0.3) is 0 Å². The molecule has 0 aliphatic carbocycles. The van der Waals surface area contributed by atoms with Crippen LogP contribution in [0.2, 0.25) is 0 Å². The first-order valence-electron chi connectivity index (χ1n) is 3.51. The molecule has 0 aromatic carbocycles. The van der Waals surface area contributed by atoms with Gasteiger partial charge >= 0.3 is 5.24 Å². The van der Waals surface area contributed by atoms with Crippen molar-refractivity contribution in [3.05, 3.63) is 0 Å². The second-order valence-corrected chi connectivity index (χ2v) is 4.65. The summed E-state index contributed by atoms with van der Waals surface area (Å²) in [5.74, 6) is -0.348. The zero-order valence-electron chi connectivity index (χ0n) is 7.20. The van der Waals surface area contributed by atoms with E-state index in [4.69, 9.17) is 0 Å². The second-order valence-electron chi connectivity index (χ2n) is 3.05. The van der Waals surface area contributed by atoms with E-state index in [9.17, 15) is 9.59 Å². The summed E-state index contributed by atoms with van der Waals surface area (Å²) in [6, 6.07) is 0. The molecule has 0 aromatic rings. The molecule has 2 amide bonds. The zero-order valence-corrected chi connectivity index (χ0v) is 8.01. The quantitative estimate of drug-likeness (QED) is 0.575. The number of carbonyl (C=O) groups excluding carboxylic acids is 2. The van der Waals surface area contributed by atoms with Crippen LogP contribution in [0.3, 0.4) is 0 Å². The van der Waals surface area contributed by atoms with Crippen LogP contribution in [0.1, 0.15) is 20.8 Å². The van der Waals surface area contributed by atoms with Gasteiger partial charge in [-0.15, -0.1) is 0 Å². The number of thioether (sulfide) groups is 1. The Morgan fingerprint density at radius 3 is 2.67 bits per heavy atom. The maximum atomic E-state index is 11.2. The van der Waals surface area contributed by atoms with Gasteiger partial charge in [-0.2, -0.15) is 10.1 Å². The van der Waals surface area contributed by atoms with Gasteiger partial charge in [0.2, 0.25) is 5.91 Å². The average Bonchev–Trinajstić information content (AvgIpc) is 1.83. The topological polar surface area (TPSA) is 49.7 Å². The zero-order chi connectivity index (χ0) is 9.35. The van der Waals surface area contributed by atoms with Crippen molar-refractivity contribution in [3.63, 3.8) is 0 Å². The summed E-state index contributed by atoms with van der Waals surface area (Å²) < 4.78 is -0.303. The van der Waals surface area contributed by atoms with E-state index in [-0.39, 0.29) is 15.9 Å². The van der Waals surface area contributed by atoms with Gasteiger partial charge in [-0.25, -0.2) is 0 Å². The minimum Gasteiger partial charge on any atom is -0.273 e. The molecular weight excluding hydrogens is 176 g/mol. The predicted molar refractivity (Wildman–Crippen MR) is 48.1 cm³/mol. The largest absolute Gasteiger partial charge is 0.309 e. The SMILES string of the molecule is CC(=O)N1N=CC(C)(C)SC1=O. The van der Waals surface area contributed by atoms with E-state index in [1.54, 1.807) is 6.21 Å². The Morgan fingerprint density at radius 2 is 2.25 bits per heavy atom. The fourth-order valence-electron chi connectivity index (χ4n) is 0.748. The molecule has 0 atom stereocenters. The van der Waals surface area contributed by atoms with Gasteiger partial charge in [0.15, 0.2) is 0 Å². The first kappa shape index (κ1) is 9.25. The summed E-state index contributed by atoms with van der Waals surface area (Å²) in [5, 5.41) is 4.31. The average molecular weight is 186 g/mol. The van der Waals surface area contributed by atoms with Crippen LogP contribution in [-0.2, 0) is 4.79 Å². The Bertz CT molecular complexity index is 260. The highest BCUT2D eigenvalue weighted by atomic mass is 32.2. The minimum absolute atomic E-state index is 0.303. The molecule has 1 heterocycles. The Balaban J connectivity index is 2.86. The number of imide groups is 1. The molecule has 4 nitrogen and oxygen atoms in total. The molecule has 0 unspecified atom stereocenters. The van der Waals surface area contributed by atoms with Crippen LogP contribution >= 0.6 is 11.8 Å². The number of hydrogen-bond acceptors (Lipinski definition) is 4. The molecule has 0 spiro atoms. The number of rotatable bonds is 0. The Labute approximate surface area is 75.0 Å². The lowest BCUT2D eigenvalue weighted by Gasteiger charge is -2.25. The van der Waals surface area contributed by atoms with Crippen LogP contribution in [-0.4, -0.2) is 27.1 Å². The van der Waals surface area contributed by atoms with E-state index in [0.717, 1.165) is 16.8 Å². The number of carbonyl (C=O) groups is 2. The van der Waals surface area contributed by atoms with Crippen LogP contribution in [0.15, 0.2) is 5.10 Å².